The molecule has 3 aromatic rings. The molecule has 1 N–H and O–H groups in total. The van der Waals surface area contributed by atoms with Gasteiger partial charge in [-0.15, -0.1) is 0 Å². The number of halogens is 2. The Hall–Kier alpha value is -3.05. The van der Waals surface area contributed by atoms with E-state index in [1.54, 1.807) is 24.3 Å². The largest absolute Gasteiger partial charge is 0.508 e. The predicted octanol–water partition coefficient (Wildman–Crippen LogP) is 5.68. The molecular weight excluding hydrogens is 441 g/mol. The Kier molecular flexibility index (Phi) is 7.19. The SMILES string of the molecule is Cc1cc(OCC(=O)N2CCCC2)cc(Cl)c1Cc1ccc(O)c(Cc2ccc(F)cc2)c1. The Bertz CT molecular complexity index is 1120. The van der Waals surface area contributed by atoms with Crippen molar-refractivity contribution in [1.82, 2.24) is 4.90 Å². The van der Waals surface area contributed by atoms with Crippen LogP contribution in [-0.4, -0.2) is 35.6 Å². The zero-order valence-corrected chi connectivity index (χ0v) is 19.4. The average molecular weight is 468 g/mol. The van der Waals surface area contributed by atoms with E-state index in [0.717, 1.165) is 53.7 Å². The van der Waals surface area contributed by atoms with Crippen molar-refractivity contribution in [1.29, 1.82) is 0 Å². The minimum atomic E-state index is -0.283. The van der Waals surface area contributed by atoms with Gasteiger partial charge in [-0.25, -0.2) is 4.39 Å². The van der Waals surface area contributed by atoms with Crippen LogP contribution in [0.25, 0.3) is 0 Å². The number of aromatic hydroxyl groups is 1. The molecule has 1 aliphatic rings. The minimum absolute atomic E-state index is 0.00290. The zero-order valence-electron chi connectivity index (χ0n) is 18.6. The highest BCUT2D eigenvalue weighted by atomic mass is 35.5. The van der Waals surface area contributed by atoms with E-state index in [9.17, 15) is 14.3 Å². The highest BCUT2D eigenvalue weighted by Crippen LogP contribution is 2.30. The Morgan fingerprint density at radius 3 is 2.42 bits per heavy atom. The van der Waals surface area contributed by atoms with Crippen LogP contribution >= 0.6 is 11.6 Å². The minimum Gasteiger partial charge on any atom is -0.508 e. The summed E-state index contributed by atoms with van der Waals surface area (Å²) in [5.74, 6) is 0.506. The summed E-state index contributed by atoms with van der Waals surface area (Å²) in [6.07, 6.45) is 3.20. The van der Waals surface area contributed by atoms with E-state index >= 15 is 0 Å². The van der Waals surface area contributed by atoms with Crippen LogP contribution in [0.4, 0.5) is 4.39 Å². The summed E-state index contributed by atoms with van der Waals surface area (Å²) in [6.45, 7) is 3.59. The van der Waals surface area contributed by atoms with Gasteiger partial charge in [0.15, 0.2) is 6.61 Å². The van der Waals surface area contributed by atoms with Crippen LogP contribution in [0.15, 0.2) is 54.6 Å². The summed E-state index contributed by atoms with van der Waals surface area (Å²) in [7, 11) is 0. The first kappa shape index (κ1) is 23.1. The van der Waals surface area contributed by atoms with Crippen LogP contribution in [0.5, 0.6) is 11.5 Å². The van der Waals surface area contributed by atoms with Crippen LogP contribution < -0.4 is 4.74 Å². The summed E-state index contributed by atoms with van der Waals surface area (Å²) in [5, 5.41) is 10.9. The Balaban J connectivity index is 1.45. The number of phenolic OH excluding ortho intramolecular Hbond substituents is 1. The van der Waals surface area contributed by atoms with Crippen LogP contribution in [0.3, 0.4) is 0 Å². The molecule has 0 aliphatic carbocycles. The molecule has 1 amide bonds. The van der Waals surface area contributed by atoms with Crippen molar-refractivity contribution in [2.45, 2.75) is 32.6 Å². The van der Waals surface area contributed by atoms with E-state index < -0.39 is 0 Å². The Labute approximate surface area is 198 Å². The number of amides is 1. The summed E-state index contributed by atoms with van der Waals surface area (Å²) < 4.78 is 18.9. The first-order valence-corrected chi connectivity index (χ1v) is 11.5. The number of carbonyl (C=O) groups is 1. The Morgan fingerprint density at radius 2 is 1.73 bits per heavy atom. The Morgan fingerprint density at radius 1 is 1.03 bits per heavy atom. The van der Waals surface area contributed by atoms with Gasteiger partial charge in [-0.1, -0.05) is 35.9 Å². The van der Waals surface area contributed by atoms with E-state index in [4.69, 9.17) is 16.3 Å². The maximum absolute atomic E-state index is 13.2. The zero-order chi connectivity index (χ0) is 23.4. The molecule has 172 valence electrons. The van der Waals surface area contributed by atoms with E-state index in [-0.39, 0.29) is 24.1 Å². The van der Waals surface area contributed by atoms with Crippen molar-refractivity contribution >= 4 is 17.5 Å². The number of hydrogen-bond donors (Lipinski definition) is 1. The van der Waals surface area contributed by atoms with Crippen molar-refractivity contribution in [3.05, 3.63) is 93.3 Å². The highest BCUT2D eigenvalue weighted by Gasteiger charge is 2.18. The molecule has 0 unspecified atom stereocenters. The molecule has 0 saturated carbocycles. The average Bonchev–Trinajstić information content (AvgIpc) is 3.33. The topological polar surface area (TPSA) is 49.8 Å². The first-order chi connectivity index (χ1) is 15.9. The number of phenols is 1. The predicted molar refractivity (Wildman–Crippen MR) is 128 cm³/mol. The normalized spacial score (nSPS) is 13.4. The molecule has 1 heterocycles. The van der Waals surface area contributed by atoms with Gasteiger partial charge in [-0.3, -0.25) is 4.79 Å². The van der Waals surface area contributed by atoms with Crippen LogP contribution in [0.1, 0.15) is 40.7 Å². The lowest BCUT2D eigenvalue weighted by Crippen LogP contribution is -2.32. The standard InChI is InChI=1S/C27H27ClFNO3/c1-18-12-23(33-17-27(32)30-10-2-3-11-30)16-25(28)24(18)15-20-6-9-26(31)21(14-20)13-19-4-7-22(29)8-5-19/h4-9,12,14,16,31H,2-3,10-11,13,15,17H2,1H3. The molecule has 0 spiro atoms. The fourth-order valence-electron chi connectivity index (χ4n) is 4.17. The lowest BCUT2D eigenvalue weighted by atomic mass is 9.96. The molecule has 0 radical (unpaired) electrons. The molecule has 1 aliphatic heterocycles. The number of benzene rings is 3. The number of likely N-dealkylation sites (tertiary alicyclic amines) is 1. The molecule has 4 nitrogen and oxygen atoms in total. The number of aryl methyl sites for hydroxylation is 1. The van der Waals surface area contributed by atoms with E-state index in [1.807, 2.05) is 30.0 Å². The van der Waals surface area contributed by atoms with Crippen molar-refractivity contribution in [3.63, 3.8) is 0 Å². The molecule has 0 bridgehead atoms. The van der Waals surface area contributed by atoms with Gasteiger partial charge in [-0.2, -0.15) is 0 Å². The van der Waals surface area contributed by atoms with Crippen molar-refractivity contribution in [3.8, 4) is 11.5 Å². The van der Waals surface area contributed by atoms with Crippen molar-refractivity contribution in [2.24, 2.45) is 0 Å². The smallest absolute Gasteiger partial charge is 0.260 e. The summed E-state index contributed by atoms with van der Waals surface area (Å²) >= 11 is 6.58. The molecule has 0 aromatic heterocycles. The number of nitrogens with zero attached hydrogens (tertiary/aromatic N) is 1. The maximum atomic E-state index is 13.2. The van der Waals surface area contributed by atoms with Gasteiger partial charge in [0.1, 0.15) is 17.3 Å². The molecule has 6 heteroatoms. The second kappa shape index (κ2) is 10.3. The van der Waals surface area contributed by atoms with Gasteiger partial charge in [0.05, 0.1) is 0 Å². The highest BCUT2D eigenvalue weighted by molar-refractivity contribution is 6.31. The number of ether oxygens (including phenoxy) is 1. The van der Waals surface area contributed by atoms with Gasteiger partial charge >= 0.3 is 0 Å². The van der Waals surface area contributed by atoms with Crippen molar-refractivity contribution in [2.75, 3.05) is 19.7 Å². The summed E-state index contributed by atoms with van der Waals surface area (Å²) in [6, 6.07) is 15.4. The first-order valence-electron chi connectivity index (χ1n) is 11.1. The maximum Gasteiger partial charge on any atom is 0.260 e. The number of hydrogen-bond acceptors (Lipinski definition) is 3. The molecule has 0 atom stereocenters. The van der Waals surface area contributed by atoms with Gasteiger partial charge < -0.3 is 14.7 Å². The van der Waals surface area contributed by atoms with E-state index in [2.05, 4.69) is 0 Å². The number of carbonyl (C=O) groups excluding carboxylic acids is 1. The second-order valence-corrected chi connectivity index (χ2v) is 8.93. The molecular formula is C27H27ClFNO3. The molecule has 4 rings (SSSR count). The second-order valence-electron chi connectivity index (χ2n) is 8.52. The summed E-state index contributed by atoms with van der Waals surface area (Å²) in [5.41, 5.74) is 4.64. The van der Waals surface area contributed by atoms with E-state index in [0.29, 0.717) is 23.6 Å². The lowest BCUT2D eigenvalue weighted by molar-refractivity contribution is -0.132. The fourth-order valence-corrected chi connectivity index (χ4v) is 4.49. The van der Waals surface area contributed by atoms with Gasteiger partial charge in [0.25, 0.3) is 5.91 Å². The monoisotopic (exact) mass is 467 g/mol. The molecule has 3 aromatic carbocycles. The molecule has 1 fully saturated rings. The third-order valence-corrected chi connectivity index (χ3v) is 6.38. The van der Waals surface area contributed by atoms with Crippen LogP contribution in [0.2, 0.25) is 5.02 Å². The number of rotatable bonds is 7. The van der Waals surface area contributed by atoms with Gasteiger partial charge in [0.2, 0.25) is 0 Å². The third kappa shape index (κ3) is 5.85. The molecule has 33 heavy (non-hydrogen) atoms. The third-order valence-electron chi connectivity index (χ3n) is 6.05. The molecule has 1 saturated heterocycles. The van der Waals surface area contributed by atoms with Crippen LogP contribution in [-0.2, 0) is 17.6 Å². The van der Waals surface area contributed by atoms with E-state index in [1.165, 1.54) is 12.1 Å². The quantitative estimate of drug-likeness (QED) is 0.486. The summed E-state index contributed by atoms with van der Waals surface area (Å²) in [4.78, 5) is 14.1. The van der Waals surface area contributed by atoms with Crippen LogP contribution in [0, 0.1) is 12.7 Å². The fraction of sp³-hybridized carbons (Fsp3) is 0.296. The van der Waals surface area contributed by atoms with Gasteiger partial charge in [0, 0.05) is 24.5 Å². The van der Waals surface area contributed by atoms with Crippen molar-refractivity contribution < 1.29 is 19.0 Å². The van der Waals surface area contributed by atoms with Gasteiger partial charge in [-0.05, 0) is 84.3 Å². The lowest BCUT2D eigenvalue weighted by Gasteiger charge is -2.17.